The summed E-state index contributed by atoms with van der Waals surface area (Å²) >= 11 is 1.38. The number of ketones is 1. The summed E-state index contributed by atoms with van der Waals surface area (Å²) in [7, 11) is 0. The van der Waals surface area contributed by atoms with Gasteiger partial charge in [-0.15, -0.1) is 11.3 Å². The summed E-state index contributed by atoms with van der Waals surface area (Å²) in [5, 5.41) is 2.56. The van der Waals surface area contributed by atoms with Crippen LogP contribution in [0.25, 0.3) is 0 Å². The molecule has 0 saturated heterocycles. The number of nitrogens with one attached hydrogen (secondary N) is 1. The van der Waals surface area contributed by atoms with Gasteiger partial charge in [0.25, 0.3) is 5.91 Å². The highest BCUT2D eigenvalue weighted by Gasteiger charge is 2.13. The smallest absolute Gasteiger partial charge is 0.306 e. The van der Waals surface area contributed by atoms with Gasteiger partial charge < -0.3 is 10.1 Å². The molecule has 0 aliphatic heterocycles. The van der Waals surface area contributed by atoms with Crippen LogP contribution in [0.15, 0.2) is 36.4 Å². The summed E-state index contributed by atoms with van der Waals surface area (Å²) in [5.74, 6) is -1.52. The first kappa shape index (κ1) is 18.8. The van der Waals surface area contributed by atoms with Crippen LogP contribution in [0, 0.1) is 12.7 Å². The zero-order valence-corrected chi connectivity index (χ0v) is 14.5. The molecule has 5 nitrogen and oxygen atoms in total. The molecule has 0 aliphatic carbocycles. The Morgan fingerprint density at radius 1 is 1.08 bits per heavy atom. The highest BCUT2D eigenvalue weighted by Crippen LogP contribution is 2.17. The van der Waals surface area contributed by atoms with Gasteiger partial charge in [0.05, 0.1) is 11.3 Å². The maximum atomic E-state index is 12.8. The third-order valence-electron chi connectivity index (χ3n) is 3.34. The molecule has 0 spiro atoms. The van der Waals surface area contributed by atoms with E-state index in [1.807, 2.05) is 13.0 Å². The van der Waals surface area contributed by atoms with Crippen LogP contribution in [0.1, 0.15) is 33.0 Å². The van der Waals surface area contributed by atoms with Crippen molar-refractivity contribution in [2.75, 3.05) is 6.61 Å². The van der Waals surface area contributed by atoms with Gasteiger partial charge in [-0.25, -0.2) is 4.39 Å². The molecule has 2 aromatic rings. The van der Waals surface area contributed by atoms with E-state index in [0.717, 1.165) is 10.4 Å². The van der Waals surface area contributed by atoms with Crippen molar-refractivity contribution in [1.82, 2.24) is 5.32 Å². The van der Waals surface area contributed by atoms with Gasteiger partial charge in [0.15, 0.2) is 12.4 Å². The molecule has 132 valence electrons. The Labute approximate surface area is 148 Å². The number of benzene rings is 1. The van der Waals surface area contributed by atoms with E-state index in [0.29, 0.717) is 4.88 Å². The van der Waals surface area contributed by atoms with Crippen molar-refractivity contribution in [2.24, 2.45) is 0 Å². The van der Waals surface area contributed by atoms with E-state index >= 15 is 0 Å². The minimum Gasteiger partial charge on any atom is -0.456 e. The fraction of sp³-hybridized carbons (Fsp3) is 0.278. The number of hydrogen-bond acceptors (Lipinski definition) is 5. The lowest BCUT2D eigenvalue weighted by Crippen LogP contribution is -2.28. The molecule has 7 heteroatoms. The van der Waals surface area contributed by atoms with E-state index < -0.39 is 18.5 Å². The van der Waals surface area contributed by atoms with E-state index in [2.05, 4.69) is 5.32 Å². The third-order valence-corrected chi connectivity index (χ3v) is 4.38. The lowest BCUT2D eigenvalue weighted by Gasteiger charge is -2.06. The first-order valence-corrected chi connectivity index (χ1v) is 8.52. The van der Waals surface area contributed by atoms with E-state index in [1.165, 1.54) is 23.5 Å². The van der Waals surface area contributed by atoms with E-state index in [-0.39, 0.29) is 31.0 Å². The first-order valence-electron chi connectivity index (χ1n) is 7.70. The predicted octanol–water partition coefficient (Wildman–Crippen LogP) is 3.02. The number of carbonyl (C=O) groups excluding carboxylic acids is 3. The summed E-state index contributed by atoms with van der Waals surface area (Å²) < 4.78 is 17.6. The number of amides is 1. The lowest BCUT2D eigenvalue weighted by molar-refractivity contribution is -0.148. The minimum absolute atomic E-state index is 0.0516. The predicted molar refractivity (Wildman–Crippen MR) is 91.8 cm³/mol. The molecule has 1 aromatic heterocycles. The first-order chi connectivity index (χ1) is 11.9. The molecule has 25 heavy (non-hydrogen) atoms. The van der Waals surface area contributed by atoms with Gasteiger partial charge in [-0.05, 0) is 36.8 Å². The van der Waals surface area contributed by atoms with Gasteiger partial charge in [0, 0.05) is 17.8 Å². The third kappa shape index (κ3) is 6.46. The normalized spacial score (nSPS) is 10.3. The highest BCUT2D eigenvalue weighted by atomic mass is 32.1. The topological polar surface area (TPSA) is 72.5 Å². The maximum Gasteiger partial charge on any atom is 0.306 e. The van der Waals surface area contributed by atoms with Crippen LogP contribution in [0.5, 0.6) is 0 Å². The molecule has 0 saturated carbocycles. The van der Waals surface area contributed by atoms with E-state index in [1.54, 1.807) is 18.2 Å². The number of esters is 1. The number of hydrogen-bond donors (Lipinski definition) is 1. The van der Waals surface area contributed by atoms with E-state index in [9.17, 15) is 18.8 Å². The van der Waals surface area contributed by atoms with E-state index in [4.69, 9.17) is 4.74 Å². The average Bonchev–Trinajstić information content (AvgIpc) is 3.04. The zero-order chi connectivity index (χ0) is 18.2. The number of Topliss-reactive ketones (excluding diaryl/α,β-unsaturated/α-hetero) is 1. The molecule has 0 radical (unpaired) electrons. The second kappa shape index (κ2) is 9.08. The van der Waals surface area contributed by atoms with Crippen molar-refractivity contribution in [3.05, 3.63) is 57.5 Å². The average molecular weight is 363 g/mol. The number of thiophene rings is 1. The molecule has 0 aliphatic rings. The van der Waals surface area contributed by atoms with Crippen LogP contribution in [-0.4, -0.2) is 24.3 Å². The second-order valence-corrected chi connectivity index (χ2v) is 6.69. The quantitative estimate of drug-likeness (QED) is 0.578. The Hall–Kier alpha value is -2.54. The SMILES string of the molecule is Cc1ccc(C(=O)CCC(=O)OCC(=O)NCc2ccc(F)cc2)s1. The Kier molecular flexibility index (Phi) is 6.82. The molecule has 0 bridgehead atoms. The largest absolute Gasteiger partial charge is 0.456 e. The molecule has 1 heterocycles. The van der Waals surface area contributed by atoms with Crippen LogP contribution >= 0.6 is 11.3 Å². The van der Waals surface area contributed by atoms with Crippen molar-refractivity contribution in [2.45, 2.75) is 26.3 Å². The maximum absolute atomic E-state index is 12.8. The summed E-state index contributed by atoms with van der Waals surface area (Å²) in [6.45, 7) is 1.71. The van der Waals surface area contributed by atoms with Crippen LogP contribution in [0.3, 0.4) is 0 Å². The lowest BCUT2D eigenvalue weighted by atomic mass is 10.2. The number of aryl methyl sites for hydroxylation is 1. The fourth-order valence-electron chi connectivity index (χ4n) is 2.00. The molecule has 2 rings (SSSR count). The van der Waals surface area contributed by atoms with Crippen molar-refractivity contribution in [3.63, 3.8) is 0 Å². The molecule has 1 amide bonds. The molecule has 1 N–H and O–H groups in total. The van der Waals surface area contributed by atoms with Gasteiger partial charge in [0.1, 0.15) is 5.82 Å². The molecule has 0 unspecified atom stereocenters. The Bertz CT molecular complexity index is 755. The Morgan fingerprint density at radius 3 is 2.44 bits per heavy atom. The minimum atomic E-state index is -0.599. The van der Waals surface area contributed by atoms with Crippen LogP contribution < -0.4 is 5.32 Å². The van der Waals surface area contributed by atoms with Crippen molar-refractivity contribution in [3.8, 4) is 0 Å². The summed E-state index contributed by atoms with van der Waals surface area (Å²) in [5.41, 5.74) is 0.734. The summed E-state index contributed by atoms with van der Waals surface area (Å²) in [6, 6.07) is 9.29. The van der Waals surface area contributed by atoms with Crippen LogP contribution in [0.4, 0.5) is 4.39 Å². The number of halogens is 1. The molecule has 0 atom stereocenters. The van der Waals surface area contributed by atoms with Gasteiger partial charge in [-0.1, -0.05) is 12.1 Å². The second-order valence-electron chi connectivity index (χ2n) is 5.40. The standard InChI is InChI=1S/C18H18FNO4S/c1-12-2-8-16(25-12)15(21)7-9-18(23)24-11-17(22)20-10-13-3-5-14(19)6-4-13/h2-6,8H,7,9-11H2,1H3,(H,20,22). The number of carbonyl (C=O) groups is 3. The number of ether oxygens (including phenoxy) is 1. The molecular weight excluding hydrogens is 345 g/mol. The monoisotopic (exact) mass is 363 g/mol. The fourth-order valence-corrected chi connectivity index (χ4v) is 2.83. The summed E-state index contributed by atoms with van der Waals surface area (Å²) in [4.78, 5) is 36.8. The van der Waals surface area contributed by atoms with Crippen molar-refractivity contribution < 1.29 is 23.5 Å². The zero-order valence-electron chi connectivity index (χ0n) is 13.7. The highest BCUT2D eigenvalue weighted by molar-refractivity contribution is 7.14. The van der Waals surface area contributed by atoms with Crippen molar-refractivity contribution >= 4 is 29.0 Å². The van der Waals surface area contributed by atoms with Gasteiger partial charge in [-0.2, -0.15) is 0 Å². The van der Waals surface area contributed by atoms with Gasteiger partial charge >= 0.3 is 5.97 Å². The Morgan fingerprint density at radius 2 is 1.80 bits per heavy atom. The van der Waals surface area contributed by atoms with Gasteiger partial charge in [-0.3, -0.25) is 14.4 Å². The molecular formula is C18H18FNO4S. The van der Waals surface area contributed by atoms with Crippen LogP contribution in [-0.2, 0) is 20.9 Å². The molecule has 0 fully saturated rings. The van der Waals surface area contributed by atoms with Crippen LogP contribution in [0.2, 0.25) is 0 Å². The summed E-state index contributed by atoms with van der Waals surface area (Å²) in [6.07, 6.45) is -0.0169. The van der Waals surface area contributed by atoms with Crippen molar-refractivity contribution in [1.29, 1.82) is 0 Å². The molecule has 1 aromatic carbocycles. The Balaban J connectivity index is 1.64. The number of rotatable bonds is 8. The van der Waals surface area contributed by atoms with Gasteiger partial charge in [0.2, 0.25) is 0 Å².